The van der Waals surface area contributed by atoms with Crippen molar-refractivity contribution >= 4 is 17.2 Å². The lowest BCUT2D eigenvalue weighted by molar-refractivity contribution is -0.130. The Bertz CT molecular complexity index is 699. The minimum absolute atomic E-state index is 0.196. The van der Waals surface area contributed by atoms with Crippen LogP contribution < -0.4 is 0 Å². The van der Waals surface area contributed by atoms with Crippen molar-refractivity contribution in [3.8, 4) is 10.7 Å². The van der Waals surface area contributed by atoms with Crippen molar-refractivity contribution in [1.82, 2.24) is 19.9 Å². The molecule has 0 spiro atoms. The number of likely N-dealkylation sites (tertiary alicyclic amines) is 2. The first-order chi connectivity index (χ1) is 11.7. The van der Waals surface area contributed by atoms with Crippen LogP contribution in [0.25, 0.3) is 10.7 Å². The highest BCUT2D eigenvalue weighted by Crippen LogP contribution is 2.31. The Kier molecular flexibility index (Phi) is 4.37. The number of amides is 1. The van der Waals surface area contributed by atoms with Gasteiger partial charge in [0.05, 0.1) is 11.4 Å². The second kappa shape index (κ2) is 6.64. The maximum absolute atomic E-state index is 11.9. The van der Waals surface area contributed by atoms with Gasteiger partial charge in [0.15, 0.2) is 0 Å². The highest BCUT2D eigenvalue weighted by atomic mass is 32.1. The Morgan fingerprint density at radius 3 is 2.96 bits per heavy atom. The van der Waals surface area contributed by atoms with Gasteiger partial charge in [-0.1, -0.05) is 11.2 Å². The largest absolute Gasteiger partial charge is 0.338 e. The van der Waals surface area contributed by atoms with E-state index in [1.807, 2.05) is 22.4 Å². The monoisotopic (exact) mass is 346 g/mol. The molecule has 2 aliphatic heterocycles. The molecule has 2 saturated heterocycles. The molecular weight excluding hydrogens is 324 g/mol. The molecule has 2 aromatic heterocycles. The molecule has 2 aliphatic rings. The molecule has 24 heavy (non-hydrogen) atoms. The molecule has 0 bridgehead atoms. The molecule has 0 unspecified atom stereocenters. The zero-order chi connectivity index (χ0) is 16.5. The van der Waals surface area contributed by atoms with Gasteiger partial charge in [-0.15, -0.1) is 11.3 Å². The maximum atomic E-state index is 11.9. The van der Waals surface area contributed by atoms with E-state index in [9.17, 15) is 4.79 Å². The normalized spacial score (nSPS) is 24.8. The van der Waals surface area contributed by atoms with Crippen LogP contribution in [-0.4, -0.2) is 51.0 Å². The Morgan fingerprint density at radius 2 is 2.17 bits per heavy atom. The summed E-state index contributed by atoms with van der Waals surface area (Å²) in [5.41, 5.74) is 0. The van der Waals surface area contributed by atoms with Gasteiger partial charge in [-0.25, -0.2) is 0 Å². The van der Waals surface area contributed by atoms with Gasteiger partial charge in [0, 0.05) is 25.6 Å². The molecular formula is C17H22N4O2S. The SMILES string of the molecule is CC(=O)N1CCC[C@@H]1[C@@H]1CCCN1Cc1nc(-c2cccs2)no1. The summed E-state index contributed by atoms with van der Waals surface area (Å²) in [6.07, 6.45) is 4.52. The van der Waals surface area contributed by atoms with E-state index in [4.69, 9.17) is 4.52 Å². The molecule has 2 aromatic rings. The van der Waals surface area contributed by atoms with Gasteiger partial charge in [-0.2, -0.15) is 4.98 Å². The number of nitrogens with zero attached hydrogens (tertiary/aromatic N) is 4. The van der Waals surface area contributed by atoms with Crippen molar-refractivity contribution in [1.29, 1.82) is 0 Å². The molecule has 7 heteroatoms. The molecule has 0 radical (unpaired) electrons. The Hall–Kier alpha value is -1.73. The van der Waals surface area contributed by atoms with Crippen LogP contribution in [-0.2, 0) is 11.3 Å². The lowest BCUT2D eigenvalue weighted by Gasteiger charge is -2.33. The molecule has 6 nitrogen and oxygen atoms in total. The fourth-order valence-corrected chi connectivity index (χ4v) is 4.72. The number of rotatable bonds is 4. The van der Waals surface area contributed by atoms with Crippen molar-refractivity contribution in [2.45, 2.75) is 51.2 Å². The van der Waals surface area contributed by atoms with Gasteiger partial charge >= 0.3 is 0 Å². The minimum atomic E-state index is 0.196. The van der Waals surface area contributed by atoms with Crippen molar-refractivity contribution in [3.63, 3.8) is 0 Å². The summed E-state index contributed by atoms with van der Waals surface area (Å²) in [5.74, 6) is 1.53. The predicted octanol–water partition coefficient (Wildman–Crippen LogP) is 2.77. The number of thiophene rings is 1. The number of aromatic nitrogens is 2. The van der Waals surface area contributed by atoms with Crippen molar-refractivity contribution < 1.29 is 9.32 Å². The van der Waals surface area contributed by atoms with E-state index in [2.05, 4.69) is 15.0 Å². The van der Waals surface area contributed by atoms with E-state index in [-0.39, 0.29) is 5.91 Å². The third kappa shape index (κ3) is 2.98. The zero-order valence-corrected chi connectivity index (χ0v) is 14.7. The fraction of sp³-hybridized carbons (Fsp3) is 0.588. The molecule has 1 amide bonds. The van der Waals surface area contributed by atoms with Crippen LogP contribution in [0.4, 0.5) is 0 Å². The van der Waals surface area contributed by atoms with Crippen LogP contribution in [0, 0.1) is 0 Å². The number of carbonyl (C=O) groups is 1. The average Bonchev–Trinajstić information content (AvgIpc) is 3.35. The molecule has 2 atom stereocenters. The molecule has 2 fully saturated rings. The van der Waals surface area contributed by atoms with Crippen molar-refractivity contribution in [2.24, 2.45) is 0 Å². The summed E-state index contributed by atoms with van der Waals surface area (Å²) < 4.78 is 5.46. The van der Waals surface area contributed by atoms with Gasteiger partial charge < -0.3 is 9.42 Å². The lowest BCUT2D eigenvalue weighted by atomic mass is 10.0. The fourth-order valence-electron chi connectivity index (χ4n) is 4.07. The number of hydrogen-bond donors (Lipinski definition) is 0. The molecule has 4 heterocycles. The molecule has 0 N–H and O–H groups in total. The van der Waals surface area contributed by atoms with Gasteiger partial charge in [0.1, 0.15) is 0 Å². The first-order valence-corrected chi connectivity index (χ1v) is 9.48. The topological polar surface area (TPSA) is 62.5 Å². The summed E-state index contributed by atoms with van der Waals surface area (Å²) in [6, 6.07) is 4.74. The summed E-state index contributed by atoms with van der Waals surface area (Å²) in [5, 5.41) is 6.11. The maximum Gasteiger partial charge on any atom is 0.241 e. The van der Waals surface area contributed by atoms with E-state index < -0.39 is 0 Å². The first kappa shape index (κ1) is 15.8. The average molecular weight is 346 g/mol. The van der Waals surface area contributed by atoms with Crippen molar-refractivity contribution in [3.05, 3.63) is 23.4 Å². The lowest BCUT2D eigenvalue weighted by Crippen LogP contribution is -2.47. The number of carbonyl (C=O) groups excluding carboxylic acids is 1. The summed E-state index contributed by atoms with van der Waals surface area (Å²) >= 11 is 1.61. The van der Waals surface area contributed by atoms with Gasteiger partial charge in [-0.3, -0.25) is 9.69 Å². The summed E-state index contributed by atoms with van der Waals surface area (Å²) in [4.78, 5) is 21.9. The molecule has 0 aliphatic carbocycles. The van der Waals surface area contributed by atoms with Gasteiger partial charge in [0.25, 0.3) is 0 Å². The zero-order valence-electron chi connectivity index (χ0n) is 13.9. The molecule has 0 aromatic carbocycles. The Morgan fingerprint density at radius 1 is 1.33 bits per heavy atom. The second-order valence-corrected chi connectivity index (χ2v) is 7.54. The van der Waals surface area contributed by atoms with Crippen LogP contribution in [0.15, 0.2) is 22.0 Å². The van der Waals surface area contributed by atoms with E-state index in [0.717, 1.165) is 37.2 Å². The standard InChI is InChI=1S/C17H22N4O2S/c1-12(22)21-9-3-6-14(21)13-5-2-8-20(13)11-16-18-17(19-23-16)15-7-4-10-24-15/h4,7,10,13-14H,2-3,5-6,8-9,11H2,1H3/t13-,14+/m0/s1. The third-order valence-electron chi connectivity index (χ3n) is 5.11. The first-order valence-electron chi connectivity index (χ1n) is 8.60. The van der Waals surface area contributed by atoms with Gasteiger partial charge in [-0.05, 0) is 43.7 Å². The molecule has 4 rings (SSSR count). The highest BCUT2D eigenvalue weighted by molar-refractivity contribution is 7.13. The summed E-state index contributed by atoms with van der Waals surface area (Å²) in [6.45, 7) is 4.28. The summed E-state index contributed by atoms with van der Waals surface area (Å²) in [7, 11) is 0. The Balaban J connectivity index is 1.47. The van der Waals surface area contributed by atoms with Crippen LogP contribution in [0.1, 0.15) is 38.5 Å². The molecule has 0 saturated carbocycles. The van der Waals surface area contributed by atoms with Crippen LogP contribution in [0.2, 0.25) is 0 Å². The Labute approximate surface area is 145 Å². The van der Waals surface area contributed by atoms with E-state index in [1.54, 1.807) is 18.3 Å². The van der Waals surface area contributed by atoms with Crippen LogP contribution in [0.5, 0.6) is 0 Å². The van der Waals surface area contributed by atoms with E-state index >= 15 is 0 Å². The predicted molar refractivity (Wildman–Crippen MR) is 91.5 cm³/mol. The van der Waals surface area contributed by atoms with Crippen LogP contribution >= 0.6 is 11.3 Å². The number of hydrogen-bond acceptors (Lipinski definition) is 6. The molecule has 128 valence electrons. The smallest absolute Gasteiger partial charge is 0.241 e. The quantitative estimate of drug-likeness (QED) is 0.852. The van der Waals surface area contributed by atoms with Crippen molar-refractivity contribution in [2.75, 3.05) is 13.1 Å². The van der Waals surface area contributed by atoms with E-state index in [1.165, 1.54) is 6.42 Å². The highest BCUT2D eigenvalue weighted by Gasteiger charge is 2.39. The van der Waals surface area contributed by atoms with E-state index in [0.29, 0.717) is 30.3 Å². The minimum Gasteiger partial charge on any atom is -0.338 e. The second-order valence-electron chi connectivity index (χ2n) is 6.59. The van der Waals surface area contributed by atoms with Gasteiger partial charge in [0.2, 0.25) is 17.6 Å². The third-order valence-corrected chi connectivity index (χ3v) is 5.98. The van der Waals surface area contributed by atoms with Crippen LogP contribution in [0.3, 0.4) is 0 Å².